The number of hydroxylamine groups is 1. The van der Waals surface area contributed by atoms with Crippen molar-refractivity contribution in [3.8, 4) is 5.75 Å². The van der Waals surface area contributed by atoms with E-state index in [4.69, 9.17) is 9.57 Å². The number of carbonyl (C=O) groups excluding carboxylic acids is 1. The molecule has 2 aromatic carbocycles. The minimum atomic E-state index is -0.421. The SMILES string of the molecule is CCOc1ccc(NC(=O)NOCc2ccccc2)cc1. The molecule has 0 radical (unpaired) electrons. The molecule has 0 spiro atoms. The van der Waals surface area contributed by atoms with E-state index < -0.39 is 6.03 Å². The van der Waals surface area contributed by atoms with Crippen molar-refractivity contribution in [1.82, 2.24) is 5.48 Å². The predicted octanol–water partition coefficient (Wildman–Crippen LogP) is 3.34. The first-order valence-electron chi connectivity index (χ1n) is 6.73. The molecule has 110 valence electrons. The highest BCUT2D eigenvalue weighted by molar-refractivity contribution is 5.88. The van der Waals surface area contributed by atoms with Crippen LogP contribution in [0, 0.1) is 0 Å². The van der Waals surface area contributed by atoms with Crippen molar-refractivity contribution in [2.75, 3.05) is 11.9 Å². The van der Waals surface area contributed by atoms with E-state index in [1.54, 1.807) is 24.3 Å². The Morgan fingerprint density at radius 3 is 2.43 bits per heavy atom. The Hall–Kier alpha value is -2.53. The number of nitrogens with one attached hydrogen (secondary N) is 2. The largest absolute Gasteiger partial charge is 0.494 e. The number of rotatable bonds is 6. The number of hydrogen-bond acceptors (Lipinski definition) is 3. The topological polar surface area (TPSA) is 59.6 Å². The lowest BCUT2D eigenvalue weighted by molar-refractivity contribution is 0.0536. The quantitative estimate of drug-likeness (QED) is 0.801. The van der Waals surface area contributed by atoms with Crippen molar-refractivity contribution in [1.29, 1.82) is 0 Å². The summed E-state index contributed by atoms with van der Waals surface area (Å²) in [5.41, 5.74) is 3.99. The molecule has 5 nitrogen and oxygen atoms in total. The lowest BCUT2D eigenvalue weighted by Gasteiger charge is -2.09. The maximum Gasteiger partial charge on any atom is 0.343 e. The Labute approximate surface area is 123 Å². The van der Waals surface area contributed by atoms with E-state index in [2.05, 4.69) is 10.8 Å². The Balaban J connectivity index is 1.74. The maximum absolute atomic E-state index is 11.6. The third kappa shape index (κ3) is 5.16. The van der Waals surface area contributed by atoms with Crippen LogP contribution >= 0.6 is 0 Å². The van der Waals surface area contributed by atoms with E-state index >= 15 is 0 Å². The Bertz CT molecular complexity index is 555. The molecule has 21 heavy (non-hydrogen) atoms. The predicted molar refractivity (Wildman–Crippen MR) is 81.0 cm³/mol. The number of carbonyl (C=O) groups is 1. The number of urea groups is 1. The normalized spacial score (nSPS) is 9.95. The van der Waals surface area contributed by atoms with E-state index in [1.807, 2.05) is 37.3 Å². The molecule has 0 unspecified atom stereocenters. The molecule has 2 N–H and O–H groups in total. The molecular formula is C16H18N2O3. The summed E-state index contributed by atoms with van der Waals surface area (Å²) in [6.07, 6.45) is 0. The molecule has 2 aromatic rings. The van der Waals surface area contributed by atoms with Crippen molar-refractivity contribution in [3.63, 3.8) is 0 Å². The molecule has 0 aliphatic rings. The van der Waals surface area contributed by atoms with Crippen molar-refractivity contribution in [2.45, 2.75) is 13.5 Å². The van der Waals surface area contributed by atoms with Crippen molar-refractivity contribution in [2.24, 2.45) is 0 Å². The van der Waals surface area contributed by atoms with Crippen molar-refractivity contribution in [3.05, 3.63) is 60.2 Å². The summed E-state index contributed by atoms with van der Waals surface area (Å²) in [6, 6.07) is 16.3. The van der Waals surface area contributed by atoms with Crippen LogP contribution in [-0.4, -0.2) is 12.6 Å². The fourth-order valence-electron chi connectivity index (χ4n) is 1.72. The molecule has 0 saturated carbocycles. The lowest BCUT2D eigenvalue weighted by Crippen LogP contribution is -2.28. The summed E-state index contributed by atoms with van der Waals surface area (Å²) < 4.78 is 5.33. The van der Waals surface area contributed by atoms with E-state index in [1.165, 1.54) is 0 Å². The Kier molecular flexibility index (Phi) is 5.60. The number of ether oxygens (including phenoxy) is 1. The number of hydrogen-bond donors (Lipinski definition) is 2. The highest BCUT2D eigenvalue weighted by Crippen LogP contribution is 2.15. The lowest BCUT2D eigenvalue weighted by atomic mass is 10.2. The molecule has 0 aliphatic carbocycles. The Morgan fingerprint density at radius 2 is 1.76 bits per heavy atom. The minimum absolute atomic E-state index is 0.317. The van der Waals surface area contributed by atoms with Crippen LogP contribution in [0.5, 0.6) is 5.75 Å². The van der Waals surface area contributed by atoms with Crippen LogP contribution in [0.1, 0.15) is 12.5 Å². The molecule has 0 aromatic heterocycles. The van der Waals surface area contributed by atoms with Crippen molar-refractivity contribution >= 4 is 11.7 Å². The van der Waals surface area contributed by atoms with Crippen LogP contribution in [0.3, 0.4) is 0 Å². The second kappa shape index (κ2) is 7.91. The van der Waals surface area contributed by atoms with E-state index in [0.717, 1.165) is 11.3 Å². The van der Waals surface area contributed by atoms with Gasteiger partial charge in [0.1, 0.15) is 5.75 Å². The van der Waals surface area contributed by atoms with Gasteiger partial charge in [-0.05, 0) is 36.8 Å². The van der Waals surface area contributed by atoms with Gasteiger partial charge in [0.05, 0.1) is 13.2 Å². The first kappa shape index (κ1) is 14.9. The fraction of sp³-hybridized carbons (Fsp3) is 0.188. The first-order chi connectivity index (χ1) is 10.3. The van der Waals surface area contributed by atoms with Gasteiger partial charge in [-0.25, -0.2) is 10.3 Å². The van der Waals surface area contributed by atoms with E-state index in [0.29, 0.717) is 18.9 Å². The number of anilines is 1. The van der Waals surface area contributed by atoms with E-state index in [9.17, 15) is 4.79 Å². The zero-order valence-electron chi connectivity index (χ0n) is 11.8. The van der Waals surface area contributed by atoms with Crippen LogP contribution in [0.2, 0.25) is 0 Å². The molecule has 5 heteroatoms. The minimum Gasteiger partial charge on any atom is -0.494 e. The zero-order valence-corrected chi connectivity index (χ0v) is 11.8. The summed E-state index contributed by atoms with van der Waals surface area (Å²) in [5.74, 6) is 0.767. The zero-order chi connectivity index (χ0) is 14.9. The van der Waals surface area contributed by atoms with Crippen LogP contribution < -0.4 is 15.5 Å². The van der Waals surface area contributed by atoms with Crippen LogP contribution in [0.15, 0.2) is 54.6 Å². The highest BCUT2D eigenvalue weighted by Gasteiger charge is 2.02. The molecule has 0 heterocycles. The van der Waals surface area contributed by atoms with Gasteiger partial charge in [-0.15, -0.1) is 0 Å². The van der Waals surface area contributed by atoms with Gasteiger partial charge in [-0.2, -0.15) is 0 Å². The summed E-state index contributed by atoms with van der Waals surface area (Å²) in [6.45, 7) is 2.85. The van der Waals surface area contributed by atoms with Gasteiger partial charge >= 0.3 is 6.03 Å². The molecule has 0 atom stereocenters. The molecule has 0 bridgehead atoms. The summed E-state index contributed by atoms with van der Waals surface area (Å²) in [4.78, 5) is 16.8. The van der Waals surface area contributed by atoms with E-state index in [-0.39, 0.29) is 0 Å². The average Bonchev–Trinajstić information content (AvgIpc) is 2.51. The maximum atomic E-state index is 11.6. The molecule has 2 amide bonds. The van der Waals surface area contributed by atoms with Gasteiger partial charge in [0, 0.05) is 5.69 Å². The van der Waals surface area contributed by atoms with Gasteiger partial charge in [-0.3, -0.25) is 4.84 Å². The number of benzene rings is 2. The third-order valence-corrected chi connectivity index (χ3v) is 2.67. The van der Waals surface area contributed by atoms with Crippen LogP contribution in [0.4, 0.5) is 10.5 Å². The number of amides is 2. The molecule has 2 rings (SSSR count). The summed E-state index contributed by atoms with van der Waals surface area (Å²) >= 11 is 0. The second-order valence-electron chi connectivity index (χ2n) is 4.29. The van der Waals surface area contributed by atoms with Crippen molar-refractivity contribution < 1.29 is 14.4 Å². The monoisotopic (exact) mass is 286 g/mol. The highest BCUT2D eigenvalue weighted by atomic mass is 16.7. The van der Waals surface area contributed by atoms with Gasteiger partial charge in [0.25, 0.3) is 0 Å². The first-order valence-corrected chi connectivity index (χ1v) is 6.73. The van der Waals surface area contributed by atoms with Gasteiger partial charge in [0.2, 0.25) is 0 Å². The average molecular weight is 286 g/mol. The fourth-order valence-corrected chi connectivity index (χ4v) is 1.72. The van der Waals surface area contributed by atoms with Crippen LogP contribution in [0.25, 0.3) is 0 Å². The van der Waals surface area contributed by atoms with Gasteiger partial charge in [0.15, 0.2) is 0 Å². The second-order valence-corrected chi connectivity index (χ2v) is 4.29. The van der Waals surface area contributed by atoms with Crippen LogP contribution in [-0.2, 0) is 11.4 Å². The summed E-state index contributed by atoms with van der Waals surface area (Å²) in [7, 11) is 0. The Morgan fingerprint density at radius 1 is 1.05 bits per heavy atom. The molecule has 0 fully saturated rings. The van der Waals surface area contributed by atoms with Gasteiger partial charge in [-0.1, -0.05) is 30.3 Å². The summed E-state index contributed by atoms with van der Waals surface area (Å²) in [5, 5.41) is 2.67. The molecule has 0 saturated heterocycles. The molecule has 0 aliphatic heterocycles. The third-order valence-electron chi connectivity index (χ3n) is 2.67. The molecular weight excluding hydrogens is 268 g/mol. The standard InChI is InChI=1S/C16H18N2O3/c1-2-20-15-10-8-14(9-11-15)17-16(19)18-21-12-13-6-4-3-5-7-13/h3-11H,2,12H2,1H3,(H2,17,18,19). The van der Waals surface area contributed by atoms with Gasteiger partial charge < -0.3 is 10.1 Å². The smallest absolute Gasteiger partial charge is 0.343 e.